The predicted molar refractivity (Wildman–Crippen MR) is 81.3 cm³/mol. The Morgan fingerprint density at radius 1 is 0.864 bits per heavy atom. The number of hydrogen-bond acceptors (Lipinski definition) is 4. The van der Waals surface area contributed by atoms with Gasteiger partial charge in [-0.3, -0.25) is 0 Å². The Hall–Kier alpha value is -0.824. The molecule has 4 nitrogen and oxygen atoms in total. The average Bonchev–Trinajstić information content (AvgIpc) is 2.43. The van der Waals surface area contributed by atoms with Crippen molar-refractivity contribution in [3.05, 3.63) is 22.3 Å². The van der Waals surface area contributed by atoms with E-state index in [9.17, 15) is 19.2 Å². The van der Waals surface area contributed by atoms with Crippen molar-refractivity contribution in [3.8, 4) is 0 Å². The summed E-state index contributed by atoms with van der Waals surface area (Å²) >= 11 is 16.6. The van der Waals surface area contributed by atoms with Crippen molar-refractivity contribution in [3.63, 3.8) is 0 Å². The van der Waals surface area contributed by atoms with Gasteiger partial charge in [-0.15, -0.1) is 0 Å². The second-order valence-electron chi connectivity index (χ2n) is 3.97. The molecule has 0 saturated carbocycles. The van der Waals surface area contributed by atoms with E-state index in [1.54, 1.807) is 5.94 Å². The second-order valence-corrected chi connectivity index (χ2v) is 6.25. The van der Waals surface area contributed by atoms with Crippen molar-refractivity contribution in [1.29, 1.82) is 0 Å². The first-order valence-electron chi connectivity index (χ1n) is 5.94. The molecule has 0 aromatic heterocycles. The topological polar surface area (TPSA) is 68.3 Å². The number of alkyl halides is 3. The summed E-state index contributed by atoms with van der Waals surface area (Å²) in [6.07, 6.45) is 2.46. The third-order valence-electron chi connectivity index (χ3n) is 2.54. The minimum absolute atomic E-state index is 0. The van der Waals surface area contributed by atoms with Crippen LogP contribution in [0, 0.1) is 0 Å². The first-order chi connectivity index (χ1) is 9.87. The smallest absolute Gasteiger partial charge is 0.227 e. The largest absolute Gasteiger partial charge is 0.233 e. The normalized spacial score (nSPS) is 9.27. The third kappa shape index (κ3) is 6.96. The Morgan fingerprint density at radius 3 is 1.73 bits per heavy atom. The Labute approximate surface area is 153 Å². The van der Waals surface area contributed by atoms with E-state index in [-0.39, 0.29) is 28.8 Å². The summed E-state index contributed by atoms with van der Waals surface area (Å²) in [4.78, 5) is 43.9. The molecule has 1 radical (unpaired) electrons. The number of halogens is 3. The first-order valence-corrected chi connectivity index (χ1v) is 7.08. The second kappa shape index (κ2) is 11.7. The molecule has 0 heterocycles. The summed E-state index contributed by atoms with van der Waals surface area (Å²) in [5.74, 6) is 5.57. The van der Waals surface area contributed by atoms with Gasteiger partial charge in [-0.25, -0.2) is 19.2 Å². The van der Waals surface area contributed by atoms with Crippen molar-refractivity contribution < 1.29 is 36.0 Å². The van der Waals surface area contributed by atoms with E-state index in [2.05, 4.69) is 0 Å². The van der Waals surface area contributed by atoms with Crippen LogP contribution in [0.5, 0.6) is 0 Å². The maximum Gasteiger partial charge on any atom is 0.227 e. The van der Waals surface area contributed by atoms with Gasteiger partial charge in [0, 0.05) is 16.8 Å². The summed E-state index contributed by atoms with van der Waals surface area (Å²) < 4.78 is -2.28. The van der Waals surface area contributed by atoms with Crippen molar-refractivity contribution in [2.75, 3.05) is 0 Å². The Morgan fingerprint density at radius 2 is 1.41 bits per heavy atom. The van der Waals surface area contributed by atoms with Crippen LogP contribution in [-0.2, 0) is 36.0 Å². The molecule has 0 atom stereocenters. The van der Waals surface area contributed by atoms with Gasteiger partial charge >= 0.3 is 0 Å². The fraction of sp³-hybridized carbons (Fsp3) is 0.429. The zero-order valence-corrected chi connectivity index (χ0v) is 14.7. The monoisotopic (exact) mass is 407 g/mol. The molecule has 0 saturated heterocycles. The van der Waals surface area contributed by atoms with Gasteiger partial charge in [-0.1, -0.05) is 54.6 Å². The van der Waals surface area contributed by atoms with Crippen molar-refractivity contribution in [1.82, 2.24) is 0 Å². The van der Waals surface area contributed by atoms with E-state index in [0.29, 0.717) is 6.42 Å². The van der Waals surface area contributed by atoms with Crippen LogP contribution in [-0.4, -0.2) is 27.6 Å². The van der Waals surface area contributed by atoms with Crippen molar-refractivity contribution in [2.45, 2.75) is 36.4 Å². The van der Waals surface area contributed by atoms with Crippen LogP contribution >= 0.6 is 34.8 Å². The molecular weight excluding hydrogens is 397 g/mol. The quantitative estimate of drug-likeness (QED) is 0.281. The van der Waals surface area contributed by atoms with Crippen molar-refractivity contribution in [2.24, 2.45) is 0 Å². The molecule has 0 unspecified atom stereocenters. The maximum absolute atomic E-state index is 11.1. The van der Waals surface area contributed by atoms with E-state index in [0.717, 1.165) is 12.8 Å². The van der Waals surface area contributed by atoms with Crippen LogP contribution in [0.2, 0.25) is 0 Å². The summed E-state index contributed by atoms with van der Waals surface area (Å²) in [5, 5.41) is 0. The van der Waals surface area contributed by atoms with Crippen LogP contribution in [0.3, 0.4) is 0 Å². The Balaban J connectivity index is 0. The number of unbranched alkanes of at least 4 members (excludes halogenated alkanes) is 2. The molecule has 0 aliphatic rings. The summed E-state index contributed by atoms with van der Waals surface area (Å²) in [6, 6.07) is 0. The van der Waals surface area contributed by atoms with E-state index >= 15 is 0 Å². The van der Waals surface area contributed by atoms with Gasteiger partial charge < -0.3 is 0 Å². The molecule has 0 fully saturated rings. The van der Waals surface area contributed by atoms with E-state index in [4.69, 9.17) is 34.8 Å². The van der Waals surface area contributed by atoms with Crippen LogP contribution in [0.1, 0.15) is 32.6 Å². The summed E-state index contributed by atoms with van der Waals surface area (Å²) in [7, 11) is 0. The molecule has 22 heavy (non-hydrogen) atoms. The molecule has 121 valence electrons. The fourth-order valence-corrected chi connectivity index (χ4v) is 1.92. The van der Waals surface area contributed by atoms with E-state index in [1.807, 2.05) is 6.92 Å². The van der Waals surface area contributed by atoms with Gasteiger partial charge in [0.2, 0.25) is 3.79 Å². The molecule has 0 aliphatic carbocycles. The summed E-state index contributed by atoms with van der Waals surface area (Å²) in [6.45, 7) is 1.95. The standard InChI is InChI=1S/C14H11Cl3O4.Co/c1-2-3-4-5-10(6-18)11(7-19)12(8-20)13(9-21)14(15,16)17;/h2-5H2,1H3;. The van der Waals surface area contributed by atoms with Crippen molar-refractivity contribution >= 4 is 58.6 Å². The van der Waals surface area contributed by atoms with Crippen LogP contribution < -0.4 is 0 Å². The zero-order chi connectivity index (χ0) is 16.5. The molecule has 0 spiro atoms. The third-order valence-corrected chi connectivity index (χ3v) is 3.11. The van der Waals surface area contributed by atoms with Crippen LogP contribution in [0.15, 0.2) is 22.3 Å². The number of allylic oxidation sites excluding steroid dienone is 4. The molecule has 8 heteroatoms. The molecule has 0 aromatic rings. The van der Waals surface area contributed by atoms with Crippen LogP contribution in [0.25, 0.3) is 0 Å². The van der Waals surface area contributed by atoms with Gasteiger partial charge in [0.05, 0.1) is 16.7 Å². The molecular formula is C14H11Cl3CoO4. The van der Waals surface area contributed by atoms with Crippen LogP contribution in [0.4, 0.5) is 0 Å². The molecule has 0 aromatic carbocycles. The minimum Gasteiger partial charge on any atom is -0.233 e. The minimum atomic E-state index is -2.28. The summed E-state index contributed by atoms with van der Waals surface area (Å²) in [5.41, 5.74) is -1.96. The first kappa shape index (κ1) is 23.4. The molecule has 0 rings (SSSR count). The SMILES string of the molecule is CCCCCC(=C=O)C(=C=O)C(=C=O)C(=C=O)C(Cl)(Cl)Cl.[Co]. The number of carbonyl (C=O) groups excluding carboxylic acids is 4. The molecule has 0 amide bonds. The maximum atomic E-state index is 11.1. The fourth-order valence-electron chi connectivity index (χ4n) is 1.52. The Bertz CT molecular complexity index is 596. The van der Waals surface area contributed by atoms with E-state index < -0.39 is 20.5 Å². The average molecular weight is 409 g/mol. The van der Waals surface area contributed by atoms with Gasteiger partial charge in [0.15, 0.2) is 0 Å². The molecule has 0 bridgehead atoms. The Kier molecular flexibility index (Phi) is 12.5. The molecule has 0 N–H and O–H groups in total. The number of rotatable bonds is 7. The number of hydrogen-bond donors (Lipinski definition) is 0. The van der Waals surface area contributed by atoms with Gasteiger partial charge in [-0.2, -0.15) is 0 Å². The van der Waals surface area contributed by atoms with E-state index in [1.165, 1.54) is 17.8 Å². The van der Waals surface area contributed by atoms with Gasteiger partial charge in [0.1, 0.15) is 29.3 Å². The molecule has 0 aliphatic heterocycles. The zero-order valence-electron chi connectivity index (χ0n) is 11.4. The van der Waals surface area contributed by atoms with Gasteiger partial charge in [0.25, 0.3) is 0 Å². The predicted octanol–water partition coefficient (Wildman–Crippen LogP) is 2.97. The van der Waals surface area contributed by atoms with Gasteiger partial charge in [-0.05, 0) is 12.8 Å².